The van der Waals surface area contributed by atoms with Crippen molar-refractivity contribution in [1.82, 2.24) is 0 Å². The lowest BCUT2D eigenvalue weighted by Gasteiger charge is -2.15. The van der Waals surface area contributed by atoms with Crippen LogP contribution >= 0.6 is 11.8 Å². The van der Waals surface area contributed by atoms with Crippen molar-refractivity contribution in [2.45, 2.75) is 56.6 Å². The van der Waals surface area contributed by atoms with Gasteiger partial charge >= 0.3 is 5.97 Å². The Labute approximate surface area is 120 Å². The number of esters is 1. The van der Waals surface area contributed by atoms with Crippen LogP contribution in [-0.2, 0) is 9.53 Å². The van der Waals surface area contributed by atoms with Crippen molar-refractivity contribution in [3.63, 3.8) is 0 Å². The summed E-state index contributed by atoms with van der Waals surface area (Å²) < 4.78 is 5.13. The second-order valence-electron chi connectivity index (χ2n) is 4.87. The second kappa shape index (κ2) is 8.26. The molecule has 0 saturated heterocycles. The number of rotatable bonds is 7. The van der Waals surface area contributed by atoms with E-state index in [0.29, 0.717) is 12.5 Å². The molecule has 0 aliphatic carbocycles. The highest BCUT2D eigenvalue weighted by molar-refractivity contribution is 8.00. The number of ether oxygens (including phenoxy) is 1. The van der Waals surface area contributed by atoms with Gasteiger partial charge in [0.2, 0.25) is 0 Å². The summed E-state index contributed by atoms with van der Waals surface area (Å²) in [6, 6.07) is 8.48. The average Bonchev–Trinajstić information content (AvgIpc) is 2.39. The molecule has 1 aromatic carbocycles. The van der Waals surface area contributed by atoms with E-state index in [2.05, 4.69) is 45.0 Å². The van der Waals surface area contributed by atoms with Crippen LogP contribution in [0.25, 0.3) is 0 Å². The molecule has 2 nitrogen and oxygen atoms in total. The normalized spacial score (nSPS) is 12.5. The molecule has 3 heteroatoms. The molecular weight excluding hydrogens is 256 g/mol. The number of benzene rings is 1. The maximum atomic E-state index is 11.9. The van der Waals surface area contributed by atoms with E-state index in [0.717, 1.165) is 17.7 Å². The van der Waals surface area contributed by atoms with E-state index in [1.54, 1.807) is 11.8 Å². The third-order valence-electron chi connectivity index (χ3n) is 2.93. The Bertz CT molecular complexity index is 384. The number of hydrogen-bond acceptors (Lipinski definition) is 3. The van der Waals surface area contributed by atoms with Gasteiger partial charge in [0.05, 0.1) is 6.61 Å². The van der Waals surface area contributed by atoms with Gasteiger partial charge in [-0.3, -0.25) is 4.79 Å². The molecular formula is C16H24O2S. The number of thioether (sulfide) groups is 1. The van der Waals surface area contributed by atoms with Gasteiger partial charge in [0.15, 0.2) is 0 Å². The predicted octanol–water partition coefficient (Wildman–Crippen LogP) is 4.63. The largest absolute Gasteiger partial charge is 0.465 e. The molecule has 1 aromatic rings. The van der Waals surface area contributed by atoms with E-state index in [1.165, 1.54) is 5.56 Å². The van der Waals surface area contributed by atoms with Gasteiger partial charge in [-0.05, 0) is 37.0 Å². The zero-order chi connectivity index (χ0) is 14.3. The fraction of sp³-hybridized carbons (Fsp3) is 0.562. The molecule has 0 fully saturated rings. The molecule has 0 spiro atoms. The zero-order valence-corrected chi connectivity index (χ0v) is 13.1. The lowest BCUT2D eigenvalue weighted by molar-refractivity contribution is -0.142. The molecule has 1 atom stereocenters. The lowest BCUT2D eigenvalue weighted by atomic mass is 10.0. The van der Waals surface area contributed by atoms with E-state index in [1.807, 2.05) is 6.92 Å². The van der Waals surface area contributed by atoms with Crippen LogP contribution in [0, 0.1) is 0 Å². The Kier molecular flexibility index (Phi) is 7.00. The first kappa shape index (κ1) is 16.1. The molecule has 0 bridgehead atoms. The average molecular weight is 280 g/mol. The van der Waals surface area contributed by atoms with Crippen LogP contribution in [0.1, 0.15) is 52.0 Å². The van der Waals surface area contributed by atoms with Crippen molar-refractivity contribution in [3.8, 4) is 0 Å². The van der Waals surface area contributed by atoms with Gasteiger partial charge in [0, 0.05) is 4.90 Å². The van der Waals surface area contributed by atoms with Gasteiger partial charge in [0.25, 0.3) is 0 Å². The van der Waals surface area contributed by atoms with Crippen LogP contribution < -0.4 is 0 Å². The van der Waals surface area contributed by atoms with E-state index in [-0.39, 0.29) is 11.2 Å². The van der Waals surface area contributed by atoms with Crippen molar-refractivity contribution < 1.29 is 9.53 Å². The fourth-order valence-corrected chi connectivity index (χ4v) is 2.96. The molecule has 0 saturated carbocycles. The standard InChI is InChI=1S/C16H24O2S/c1-5-7-15(16(17)18-6-2)19-14-10-8-13(9-11-14)12(3)4/h8-12,15H,5-7H2,1-4H3. The maximum absolute atomic E-state index is 11.9. The molecule has 0 radical (unpaired) electrons. The predicted molar refractivity (Wildman–Crippen MR) is 81.7 cm³/mol. The third-order valence-corrected chi connectivity index (χ3v) is 4.18. The van der Waals surface area contributed by atoms with Gasteiger partial charge in [0.1, 0.15) is 5.25 Å². The molecule has 1 rings (SSSR count). The summed E-state index contributed by atoms with van der Waals surface area (Å²) in [7, 11) is 0. The second-order valence-corrected chi connectivity index (χ2v) is 6.15. The van der Waals surface area contributed by atoms with E-state index < -0.39 is 0 Å². The third kappa shape index (κ3) is 5.27. The highest BCUT2D eigenvalue weighted by Crippen LogP contribution is 2.28. The van der Waals surface area contributed by atoms with Crippen molar-refractivity contribution in [2.24, 2.45) is 0 Å². The molecule has 0 aliphatic heterocycles. The summed E-state index contributed by atoms with van der Waals surface area (Å²) in [4.78, 5) is 13.0. The molecule has 0 N–H and O–H groups in total. The Morgan fingerprint density at radius 1 is 1.21 bits per heavy atom. The summed E-state index contributed by atoms with van der Waals surface area (Å²) in [6.07, 6.45) is 1.84. The van der Waals surface area contributed by atoms with Crippen molar-refractivity contribution in [1.29, 1.82) is 0 Å². The van der Waals surface area contributed by atoms with Gasteiger partial charge in [-0.15, -0.1) is 11.8 Å². The molecule has 0 aliphatic rings. The monoisotopic (exact) mass is 280 g/mol. The van der Waals surface area contributed by atoms with Gasteiger partial charge in [-0.1, -0.05) is 39.3 Å². The fourth-order valence-electron chi connectivity index (χ4n) is 1.82. The minimum absolute atomic E-state index is 0.0881. The van der Waals surface area contributed by atoms with E-state index >= 15 is 0 Å². The van der Waals surface area contributed by atoms with Crippen molar-refractivity contribution in [2.75, 3.05) is 6.61 Å². The van der Waals surface area contributed by atoms with Crippen LogP contribution in [0.15, 0.2) is 29.2 Å². The minimum Gasteiger partial charge on any atom is -0.465 e. The molecule has 0 amide bonds. The quantitative estimate of drug-likeness (QED) is 0.538. The summed E-state index contributed by atoms with van der Waals surface area (Å²) in [5, 5.41) is -0.0881. The Morgan fingerprint density at radius 3 is 2.32 bits per heavy atom. The molecule has 106 valence electrons. The van der Waals surface area contributed by atoms with Crippen molar-refractivity contribution in [3.05, 3.63) is 29.8 Å². The van der Waals surface area contributed by atoms with Crippen molar-refractivity contribution >= 4 is 17.7 Å². The number of carbonyl (C=O) groups excluding carboxylic acids is 1. The van der Waals surface area contributed by atoms with Crippen LogP contribution in [0.3, 0.4) is 0 Å². The van der Waals surface area contributed by atoms with Gasteiger partial charge in [-0.25, -0.2) is 0 Å². The number of hydrogen-bond donors (Lipinski definition) is 0. The molecule has 0 aromatic heterocycles. The minimum atomic E-state index is -0.0951. The van der Waals surface area contributed by atoms with E-state index in [9.17, 15) is 4.79 Å². The SMILES string of the molecule is CCCC(Sc1ccc(C(C)C)cc1)C(=O)OCC. The summed E-state index contributed by atoms with van der Waals surface area (Å²) in [5.41, 5.74) is 1.33. The lowest BCUT2D eigenvalue weighted by Crippen LogP contribution is -2.20. The van der Waals surface area contributed by atoms with Crippen LogP contribution in [-0.4, -0.2) is 17.8 Å². The number of carbonyl (C=O) groups is 1. The van der Waals surface area contributed by atoms with Gasteiger partial charge < -0.3 is 4.74 Å². The van der Waals surface area contributed by atoms with Crippen LogP contribution in [0.2, 0.25) is 0 Å². The highest BCUT2D eigenvalue weighted by Gasteiger charge is 2.20. The molecule has 1 unspecified atom stereocenters. The first-order chi connectivity index (χ1) is 9.08. The molecule has 0 heterocycles. The van der Waals surface area contributed by atoms with E-state index in [4.69, 9.17) is 4.74 Å². The Balaban J connectivity index is 2.70. The molecule has 19 heavy (non-hydrogen) atoms. The zero-order valence-electron chi connectivity index (χ0n) is 12.3. The Morgan fingerprint density at radius 2 is 1.84 bits per heavy atom. The smallest absolute Gasteiger partial charge is 0.319 e. The summed E-state index contributed by atoms with van der Waals surface area (Å²) in [6.45, 7) is 8.75. The first-order valence-electron chi connectivity index (χ1n) is 7.01. The Hall–Kier alpha value is -0.960. The summed E-state index contributed by atoms with van der Waals surface area (Å²) >= 11 is 1.61. The van der Waals surface area contributed by atoms with Gasteiger partial charge in [-0.2, -0.15) is 0 Å². The highest BCUT2D eigenvalue weighted by atomic mass is 32.2. The van der Waals surface area contributed by atoms with Crippen LogP contribution in [0.4, 0.5) is 0 Å². The summed E-state index contributed by atoms with van der Waals surface area (Å²) in [5.74, 6) is 0.442. The maximum Gasteiger partial charge on any atom is 0.319 e. The first-order valence-corrected chi connectivity index (χ1v) is 7.89. The van der Waals surface area contributed by atoms with Crippen LogP contribution in [0.5, 0.6) is 0 Å². The topological polar surface area (TPSA) is 26.3 Å².